The molecular weight excluding hydrogens is 335 g/mol. The lowest BCUT2D eigenvalue weighted by molar-refractivity contribution is -0.0375. The van der Waals surface area contributed by atoms with Gasteiger partial charge in [0.1, 0.15) is 0 Å². The van der Waals surface area contributed by atoms with Gasteiger partial charge in [0.25, 0.3) is 5.91 Å². The maximum Gasteiger partial charge on any atom is 0.277 e. The molecule has 0 saturated heterocycles. The molecule has 1 amide bonds. The predicted octanol–water partition coefficient (Wildman–Crippen LogP) is 4.42. The molecule has 0 aliphatic carbocycles. The number of nitrogens with one attached hydrogen (secondary N) is 1. The van der Waals surface area contributed by atoms with Crippen molar-refractivity contribution in [2.45, 2.75) is 13.3 Å². The summed E-state index contributed by atoms with van der Waals surface area (Å²) in [5, 5.41) is 14.3. The Hall–Kier alpha value is -1.75. The molecule has 2 rings (SSSR count). The van der Waals surface area contributed by atoms with E-state index in [4.69, 9.17) is 23.2 Å². The van der Waals surface area contributed by atoms with Crippen LogP contribution in [0.1, 0.15) is 21.5 Å². The first-order valence-corrected chi connectivity index (χ1v) is 7.90. The summed E-state index contributed by atoms with van der Waals surface area (Å²) in [7, 11) is 1.31. The number of hydrogen-bond acceptors (Lipinski definition) is 3. The highest BCUT2D eigenvalue weighted by Crippen LogP contribution is 2.32. The van der Waals surface area contributed by atoms with Gasteiger partial charge in [-0.25, -0.2) is 5.06 Å². The van der Waals surface area contributed by atoms with Crippen LogP contribution in [0, 0.1) is 6.92 Å². The second kappa shape index (κ2) is 7.68. The molecule has 2 aromatic rings. The van der Waals surface area contributed by atoms with Crippen LogP contribution in [0.5, 0.6) is 0 Å². The number of anilines is 1. The third kappa shape index (κ3) is 4.16. The van der Waals surface area contributed by atoms with Crippen molar-refractivity contribution in [1.82, 2.24) is 5.06 Å². The van der Waals surface area contributed by atoms with Crippen LogP contribution >= 0.6 is 23.2 Å². The van der Waals surface area contributed by atoms with E-state index in [1.807, 2.05) is 25.1 Å². The summed E-state index contributed by atoms with van der Waals surface area (Å²) in [6.07, 6.45) is 0.594. The van der Waals surface area contributed by atoms with Gasteiger partial charge in [0.05, 0.1) is 15.7 Å². The molecule has 0 radical (unpaired) electrons. The van der Waals surface area contributed by atoms with Crippen molar-refractivity contribution in [3.8, 4) is 0 Å². The number of amides is 1. The van der Waals surface area contributed by atoms with E-state index < -0.39 is 5.91 Å². The molecule has 0 fully saturated rings. The summed E-state index contributed by atoms with van der Waals surface area (Å²) < 4.78 is 0. The number of hydroxylamine groups is 2. The molecule has 0 unspecified atom stereocenters. The van der Waals surface area contributed by atoms with Crippen molar-refractivity contribution in [2.24, 2.45) is 0 Å². The normalized spacial score (nSPS) is 10.5. The van der Waals surface area contributed by atoms with Gasteiger partial charge in [-0.3, -0.25) is 10.0 Å². The van der Waals surface area contributed by atoms with Crippen LogP contribution in [-0.4, -0.2) is 29.8 Å². The lowest BCUT2D eigenvalue weighted by Crippen LogP contribution is -2.24. The second-order valence-electron chi connectivity index (χ2n) is 5.22. The molecule has 0 aliphatic rings. The van der Waals surface area contributed by atoms with E-state index in [0.29, 0.717) is 39.3 Å². The Balaban J connectivity index is 2.11. The Morgan fingerprint density at radius 1 is 1.22 bits per heavy atom. The second-order valence-corrected chi connectivity index (χ2v) is 6.00. The predicted molar refractivity (Wildman–Crippen MR) is 93.7 cm³/mol. The van der Waals surface area contributed by atoms with E-state index >= 15 is 0 Å². The van der Waals surface area contributed by atoms with Gasteiger partial charge in [0, 0.05) is 19.2 Å². The molecule has 4 nitrogen and oxygen atoms in total. The fourth-order valence-electron chi connectivity index (χ4n) is 2.26. The monoisotopic (exact) mass is 352 g/mol. The van der Waals surface area contributed by atoms with Gasteiger partial charge in [-0.05, 0) is 36.6 Å². The van der Waals surface area contributed by atoms with Gasteiger partial charge in [-0.1, -0.05) is 47.5 Å². The van der Waals surface area contributed by atoms with Crippen LogP contribution in [-0.2, 0) is 6.42 Å². The van der Waals surface area contributed by atoms with Gasteiger partial charge in [0.2, 0.25) is 0 Å². The maximum absolute atomic E-state index is 12.0. The van der Waals surface area contributed by atoms with E-state index in [-0.39, 0.29) is 0 Å². The molecule has 0 spiro atoms. The number of carbonyl (C=O) groups is 1. The summed E-state index contributed by atoms with van der Waals surface area (Å²) >= 11 is 12.4. The molecule has 2 aromatic carbocycles. The smallest absolute Gasteiger partial charge is 0.277 e. The number of aryl methyl sites for hydroxylation is 1. The number of carbonyl (C=O) groups excluding carboxylic acids is 1. The highest BCUT2D eigenvalue weighted by molar-refractivity contribution is 6.39. The quantitative estimate of drug-likeness (QED) is 0.618. The van der Waals surface area contributed by atoms with Crippen molar-refractivity contribution in [1.29, 1.82) is 0 Å². The lowest BCUT2D eigenvalue weighted by Gasteiger charge is -2.15. The standard InChI is InChI=1S/C17H18Cl2N2O2/c1-11-7-8-14(18)16(15(11)19)20-10-9-12-5-3-4-6-13(12)17(22)21(2)23/h3-8,20,23H,9-10H2,1-2H3. The van der Waals surface area contributed by atoms with Crippen LogP contribution in [0.25, 0.3) is 0 Å². The van der Waals surface area contributed by atoms with Crippen LogP contribution in [0.3, 0.4) is 0 Å². The zero-order valence-corrected chi connectivity index (χ0v) is 14.4. The summed E-state index contributed by atoms with van der Waals surface area (Å²) in [6, 6.07) is 10.8. The first-order valence-electron chi connectivity index (χ1n) is 7.15. The maximum atomic E-state index is 12.0. The molecule has 0 saturated carbocycles. The van der Waals surface area contributed by atoms with Gasteiger partial charge in [0.15, 0.2) is 0 Å². The fourth-order valence-corrected chi connectivity index (χ4v) is 2.77. The third-order valence-electron chi connectivity index (χ3n) is 3.52. The number of halogens is 2. The summed E-state index contributed by atoms with van der Waals surface area (Å²) in [6.45, 7) is 2.47. The Morgan fingerprint density at radius 2 is 1.91 bits per heavy atom. The van der Waals surface area contributed by atoms with Crippen molar-refractivity contribution in [3.63, 3.8) is 0 Å². The van der Waals surface area contributed by atoms with Crippen molar-refractivity contribution in [3.05, 3.63) is 63.1 Å². The first kappa shape index (κ1) is 17.6. The van der Waals surface area contributed by atoms with Crippen LogP contribution in [0.4, 0.5) is 5.69 Å². The zero-order chi connectivity index (χ0) is 17.0. The lowest BCUT2D eigenvalue weighted by atomic mass is 10.0. The molecule has 0 aliphatic heterocycles. The summed E-state index contributed by atoms with van der Waals surface area (Å²) in [4.78, 5) is 12.0. The highest BCUT2D eigenvalue weighted by Gasteiger charge is 2.14. The molecule has 122 valence electrons. The Bertz CT molecular complexity index is 718. The van der Waals surface area contributed by atoms with E-state index in [2.05, 4.69) is 5.32 Å². The highest BCUT2D eigenvalue weighted by atomic mass is 35.5. The van der Waals surface area contributed by atoms with E-state index in [9.17, 15) is 10.0 Å². The van der Waals surface area contributed by atoms with Gasteiger partial charge >= 0.3 is 0 Å². The Labute approximate surface area is 145 Å². The molecule has 6 heteroatoms. The van der Waals surface area contributed by atoms with Crippen molar-refractivity contribution >= 4 is 34.8 Å². The molecule has 0 aromatic heterocycles. The molecule has 0 heterocycles. The molecule has 2 N–H and O–H groups in total. The minimum atomic E-state index is -0.438. The minimum Gasteiger partial charge on any atom is -0.382 e. The molecule has 0 bridgehead atoms. The fraction of sp³-hybridized carbons (Fsp3) is 0.235. The van der Waals surface area contributed by atoms with Crippen molar-refractivity contribution in [2.75, 3.05) is 18.9 Å². The van der Waals surface area contributed by atoms with E-state index in [0.717, 1.165) is 11.1 Å². The molecule has 23 heavy (non-hydrogen) atoms. The van der Waals surface area contributed by atoms with E-state index in [1.54, 1.807) is 18.2 Å². The Morgan fingerprint density at radius 3 is 2.61 bits per heavy atom. The average molecular weight is 353 g/mol. The third-order valence-corrected chi connectivity index (χ3v) is 4.32. The molecule has 0 atom stereocenters. The number of benzene rings is 2. The van der Waals surface area contributed by atoms with Crippen molar-refractivity contribution < 1.29 is 10.0 Å². The Kier molecular flexibility index (Phi) is 5.88. The van der Waals surface area contributed by atoms with Gasteiger partial charge in [-0.2, -0.15) is 0 Å². The number of nitrogens with zero attached hydrogens (tertiary/aromatic N) is 1. The van der Waals surface area contributed by atoms with Crippen LogP contribution < -0.4 is 5.32 Å². The number of rotatable bonds is 5. The zero-order valence-electron chi connectivity index (χ0n) is 12.9. The molecular formula is C17H18Cl2N2O2. The van der Waals surface area contributed by atoms with Crippen LogP contribution in [0.15, 0.2) is 36.4 Å². The average Bonchev–Trinajstić information content (AvgIpc) is 2.54. The van der Waals surface area contributed by atoms with Crippen LogP contribution in [0.2, 0.25) is 10.0 Å². The summed E-state index contributed by atoms with van der Waals surface area (Å²) in [5.41, 5.74) is 2.94. The topological polar surface area (TPSA) is 52.6 Å². The van der Waals surface area contributed by atoms with Gasteiger partial charge < -0.3 is 5.32 Å². The first-order chi connectivity index (χ1) is 10.9. The SMILES string of the molecule is Cc1ccc(Cl)c(NCCc2ccccc2C(=O)N(C)O)c1Cl. The number of hydrogen-bond donors (Lipinski definition) is 2. The largest absolute Gasteiger partial charge is 0.382 e. The van der Waals surface area contributed by atoms with Gasteiger partial charge in [-0.15, -0.1) is 0 Å². The van der Waals surface area contributed by atoms with E-state index in [1.165, 1.54) is 7.05 Å². The minimum absolute atomic E-state index is 0.438. The summed E-state index contributed by atoms with van der Waals surface area (Å²) in [5.74, 6) is -0.438.